The maximum Gasteiger partial charge on any atom is 0.453 e. The second kappa shape index (κ2) is 5.79. The van der Waals surface area contributed by atoms with Gasteiger partial charge in [-0.15, -0.1) is 8.98 Å². The van der Waals surface area contributed by atoms with Crippen LogP contribution >= 0.6 is 0 Å². The van der Waals surface area contributed by atoms with Crippen LogP contribution in [0.1, 0.15) is 55.5 Å². The van der Waals surface area contributed by atoms with E-state index >= 15 is 0 Å². The summed E-state index contributed by atoms with van der Waals surface area (Å²) >= 11 is 0. The highest BCUT2D eigenvalue weighted by Gasteiger charge is 2.37. The minimum absolute atomic E-state index is 0.0856. The average molecular weight is 377 g/mol. The maximum atomic E-state index is 13.7. The van der Waals surface area contributed by atoms with Crippen LogP contribution in [0, 0.1) is 0 Å². The van der Waals surface area contributed by atoms with E-state index in [9.17, 15) is 25.5 Å². The molecular weight excluding hydrogens is 362 g/mol. The van der Waals surface area contributed by atoms with Gasteiger partial charge in [0.2, 0.25) is 0 Å². The molecule has 0 bridgehead atoms. The van der Waals surface area contributed by atoms with Gasteiger partial charge >= 0.3 is 16.4 Å². The van der Waals surface area contributed by atoms with Crippen LogP contribution in [-0.4, -0.2) is 23.2 Å². The van der Waals surface area contributed by atoms with E-state index in [2.05, 4.69) is 10.1 Å². The van der Waals surface area contributed by atoms with Gasteiger partial charge in [0, 0.05) is 0 Å². The van der Waals surface area contributed by atoms with Crippen LogP contribution in [0.15, 0.2) is 23.4 Å². The maximum absolute atomic E-state index is 13.7. The summed E-state index contributed by atoms with van der Waals surface area (Å²) in [5, 5.41) is 3.38. The number of benzene rings is 1. The van der Waals surface area contributed by atoms with Crippen LogP contribution in [0.2, 0.25) is 0 Å². The van der Waals surface area contributed by atoms with E-state index in [0.717, 1.165) is 29.9 Å². The molecule has 3 rings (SSSR count). The summed E-state index contributed by atoms with van der Waals surface area (Å²) in [6, 6.07) is 2.60. The van der Waals surface area contributed by atoms with Crippen molar-refractivity contribution >= 4 is 10.2 Å². The predicted octanol–water partition coefficient (Wildman–Crippen LogP) is 3.95. The number of nitrogens with zero attached hydrogens (tertiary/aromatic N) is 3. The van der Waals surface area contributed by atoms with Gasteiger partial charge in [-0.3, -0.25) is 0 Å². The Balaban J connectivity index is 2.23. The average Bonchev–Trinajstić information content (AvgIpc) is 3.19. The summed E-state index contributed by atoms with van der Waals surface area (Å²) in [5.74, 6) is -1.53. The first-order chi connectivity index (χ1) is 11.5. The number of rotatable bonds is 4. The highest BCUT2D eigenvalue weighted by Crippen LogP contribution is 2.45. The zero-order chi connectivity index (χ0) is 18.6. The van der Waals surface area contributed by atoms with Crippen LogP contribution in [0.5, 0.6) is 0 Å². The van der Waals surface area contributed by atoms with Crippen molar-refractivity contribution in [2.45, 2.75) is 49.6 Å². The van der Waals surface area contributed by atoms with Crippen molar-refractivity contribution in [3.8, 4) is 5.69 Å². The monoisotopic (exact) mass is 377 g/mol. The van der Waals surface area contributed by atoms with Crippen molar-refractivity contribution in [2.75, 3.05) is 0 Å². The molecule has 0 radical (unpaired) electrons. The van der Waals surface area contributed by atoms with Gasteiger partial charge in [-0.25, -0.2) is 9.67 Å². The molecular formula is C15H15F4N3O2S. The third-order valence-electron chi connectivity index (χ3n) is 4.05. The number of hydrogen-bond acceptors (Lipinski definition) is 4. The summed E-state index contributed by atoms with van der Waals surface area (Å²) < 4.78 is 75.8. The highest BCUT2D eigenvalue weighted by molar-refractivity contribution is 7.86. The Labute approximate surface area is 141 Å². The third kappa shape index (κ3) is 3.53. The Hall–Kier alpha value is -1.97. The molecule has 0 aliphatic heterocycles. The van der Waals surface area contributed by atoms with Crippen LogP contribution in [-0.2, 0) is 16.4 Å². The Morgan fingerprint density at radius 1 is 1.24 bits per heavy atom. The van der Waals surface area contributed by atoms with Crippen molar-refractivity contribution in [1.82, 2.24) is 14.8 Å². The van der Waals surface area contributed by atoms with Gasteiger partial charge in [-0.05, 0) is 41.9 Å². The first-order valence-electron chi connectivity index (χ1n) is 7.60. The lowest BCUT2D eigenvalue weighted by Gasteiger charge is -2.16. The molecule has 136 valence electrons. The van der Waals surface area contributed by atoms with Gasteiger partial charge in [-0.1, -0.05) is 19.9 Å². The molecule has 1 aromatic carbocycles. The Bertz CT molecular complexity index is 915. The van der Waals surface area contributed by atoms with E-state index in [4.69, 9.17) is 0 Å². The van der Waals surface area contributed by atoms with Crippen molar-refractivity contribution in [2.24, 2.45) is 0 Å². The van der Waals surface area contributed by atoms with E-state index in [0.29, 0.717) is 11.1 Å². The summed E-state index contributed by atoms with van der Waals surface area (Å²) in [5.41, 5.74) is 1.05. The normalized spacial score (nSPS) is 15.8. The van der Waals surface area contributed by atoms with Gasteiger partial charge < -0.3 is 0 Å². The van der Waals surface area contributed by atoms with Gasteiger partial charge in [-0.2, -0.15) is 21.6 Å². The molecule has 0 N–H and O–H groups in total. The van der Waals surface area contributed by atoms with E-state index < -0.39 is 27.1 Å². The Kier molecular flexibility index (Phi) is 4.13. The lowest BCUT2D eigenvalue weighted by Crippen LogP contribution is -2.10. The molecule has 1 saturated carbocycles. The fourth-order valence-corrected chi connectivity index (χ4v) is 3.52. The Morgan fingerprint density at radius 3 is 2.32 bits per heavy atom. The minimum atomic E-state index is -5.04. The lowest BCUT2D eigenvalue weighted by molar-refractivity contribution is -0.144. The summed E-state index contributed by atoms with van der Waals surface area (Å²) in [7, 11) is -5.04. The fourth-order valence-electron chi connectivity index (χ4n) is 2.69. The van der Waals surface area contributed by atoms with Gasteiger partial charge in [0.15, 0.2) is 0 Å². The van der Waals surface area contributed by atoms with Crippen molar-refractivity contribution < 1.29 is 25.5 Å². The molecule has 25 heavy (non-hydrogen) atoms. The van der Waals surface area contributed by atoms with Gasteiger partial charge in [0.1, 0.15) is 11.2 Å². The van der Waals surface area contributed by atoms with E-state index in [1.165, 1.54) is 0 Å². The molecule has 1 aliphatic rings. The molecule has 10 heteroatoms. The Morgan fingerprint density at radius 2 is 1.88 bits per heavy atom. The van der Waals surface area contributed by atoms with E-state index in [1.807, 2.05) is 0 Å². The first kappa shape index (κ1) is 17.8. The number of hydrogen-bond donors (Lipinski definition) is 0. The second-order valence-electron chi connectivity index (χ2n) is 6.33. The zero-order valence-electron chi connectivity index (χ0n) is 13.4. The zero-order valence-corrected chi connectivity index (χ0v) is 14.2. The quantitative estimate of drug-likeness (QED) is 0.598. The van der Waals surface area contributed by atoms with Gasteiger partial charge in [0.05, 0.1) is 5.69 Å². The molecule has 1 aliphatic carbocycles. The van der Waals surface area contributed by atoms with Crippen LogP contribution in [0.25, 0.3) is 5.69 Å². The van der Waals surface area contributed by atoms with Crippen LogP contribution in [0.3, 0.4) is 0 Å². The molecule has 5 nitrogen and oxygen atoms in total. The number of aromatic nitrogens is 3. The molecule has 0 atom stereocenters. The SMILES string of the molecule is CC(C)c1cc(C2CC2)c(-n2cnc(C(F)(F)F)n2)cc1S(=O)(=O)F. The second-order valence-corrected chi connectivity index (χ2v) is 7.64. The van der Waals surface area contributed by atoms with Gasteiger partial charge in [0.25, 0.3) is 5.82 Å². The first-order valence-corrected chi connectivity index (χ1v) is 8.98. The topological polar surface area (TPSA) is 64.8 Å². The van der Waals surface area contributed by atoms with Crippen LogP contribution in [0.4, 0.5) is 17.1 Å². The summed E-state index contributed by atoms with van der Waals surface area (Å²) in [4.78, 5) is 2.67. The van der Waals surface area contributed by atoms with Crippen molar-refractivity contribution in [3.05, 3.63) is 35.4 Å². The highest BCUT2D eigenvalue weighted by atomic mass is 32.3. The van der Waals surface area contributed by atoms with E-state index in [1.54, 1.807) is 19.9 Å². The molecule has 0 spiro atoms. The standard InChI is InChI=1S/C15H15F4N3O2S/c1-8(2)10-5-11(9-3-4-9)12(6-13(10)25(19,23)24)22-7-20-14(21-22)15(16,17)18/h5-9H,3-4H2,1-2H3. The number of alkyl halides is 3. The fraction of sp³-hybridized carbons (Fsp3) is 0.467. The largest absolute Gasteiger partial charge is 0.453 e. The van der Waals surface area contributed by atoms with E-state index in [-0.39, 0.29) is 17.5 Å². The third-order valence-corrected chi connectivity index (χ3v) is 4.93. The summed E-state index contributed by atoms with van der Waals surface area (Å²) in [6.07, 6.45) is -2.22. The molecule has 1 fully saturated rings. The summed E-state index contributed by atoms with van der Waals surface area (Å²) in [6.45, 7) is 3.44. The van der Waals surface area contributed by atoms with Crippen molar-refractivity contribution in [3.63, 3.8) is 0 Å². The number of halogens is 4. The molecule has 1 aromatic heterocycles. The molecule has 0 amide bonds. The van der Waals surface area contributed by atoms with Crippen LogP contribution < -0.4 is 0 Å². The molecule has 0 unspecified atom stereocenters. The minimum Gasteiger partial charge on any atom is -0.220 e. The smallest absolute Gasteiger partial charge is 0.220 e. The molecule has 2 aromatic rings. The molecule has 1 heterocycles. The van der Waals surface area contributed by atoms with Crippen molar-refractivity contribution in [1.29, 1.82) is 0 Å². The molecule has 0 saturated heterocycles. The predicted molar refractivity (Wildman–Crippen MR) is 80.7 cm³/mol. The lowest BCUT2D eigenvalue weighted by atomic mass is 9.97.